The topological polar surface area (TPSA) is 86.8 Å². The van der Waals surface area contributed by atoms with Gasteiger partial charge < -0.3 is 10.3 Å². The number of para-hydroxylation sites is 1. The van der Waals surface area contributed by atoms with Crippen molar-refractivity contribution >= 4 is 22.6 Å². The van der Waals surface area contributed by atoms with Gasteiger partial charge in [-0.15, -0.1) is 0 Å². The van der Waals surface area contributed by atoms with Gasteiger partial charge in [-0.3, -0.25) is 19.7 Å². The predicted octanol–water partition coefficient (Wildman–Crippen LogP) is 4.11. The highest BCUT2D eigenvalue weighted by atomic mass is 16.1. The highest BCUT2D eigenvalue weighted by Gasteiger charge is 2.25. The monoisotopic (exact) mass is 412 g/mol. The molecule has 7 heteroatoms. The number of aryl methyl sites for hydroxylation is 1. The summed E-state index contributed by atoms with van der Waals surface area (Å²) in [5.74, 6) is 0.688. The third-order valence-corrected chi connectivity index (χ3v) is 5.85. The van der Waals surface area contributed by atoms with Crippen molar-refractivity contribution in [3.05, 3.63) is 83.7 Å². The van der Waals surface area contributed by atoms with Crippen LogP contribution < -0.4 is 5.32 Å². The van der Waals surface area contributed by atoms with Crippen LogP contribution in [0.4, 0.5) is 5.69 Å². The van der Waals surface area contributed by atoms with Gasteiger partial charge >= 0.3 is 0 Å². The average molecular weight is 412 g/mol. The number of fused-ring (bicyclic) bond motifs is 2. The number of hydrogen-bond donors (Lipinski definition) is 2. The van der Waals surface area contributed by atoms with Gasteiger partial charge in [-0.2, -0.15) is 0 Å². The summed E-state index contributed by atoms with van der Waals surface area (Å²) in [6.07, 6.45) is 8.45. The van der Waals surface area contributed by atoms with Gasteiger partial charge in [0.25, 0.3) is 5.91 Å². The van der Waals surface area contributed by atoms with Crippen LogP contribution in [0.3, 0.4) is 0 Å². The number of carbonyl (C=O) groups excluding carboxylic acids is 1. The number of pyridine rings is 2. The number of benzene rings is 1. The summed E-state index contributed by atoms with van der Waals surface area (Å²) in [5, 5.41) is 2.97. The molecule has 3 heterocycles. The molecule has 3 aromatic heterocycles. The van der Waals surface area contributed by atoms with Crippen LogP contribution in [-0.4, -0.2) is 37.8 Å². The third kappa shape index (κ3) is 3.92. The Labute approximate surface area is 180 Å². The van der Waals surface area contributed by atoms with Crippen LogP contribution in [0.25, 0.3) is 11.0 Å². The molecule has 1 aliphatic rings. The van der Waals surface area contributed by atoms with Crippen LogP contribution in [0, 0.1) is 0 Å². The smallest absolute Gasteiger partial charge is 0.255 e. The summed E-state index contributed by atoms with van der Waals surface area (Å²) in [7, 11) is 2.12. The molecule has 0 spiro atoms. The molecule has 0 fully saturated rings. The molecule has 0 aliphatic heterocycles. The van der Waals surface area contributed by atoms with E-state index >= 15 is 0 Å². The van der Waals surface area contributed by atoms with Crippen LogP contribution in [0.15, 0.2) is 61.1 Å². The van der Waals surface area contributed by atoms with E-state index in [-0.39, 0.29) is 11.9 Å². The van der Waals surface area contributed by atoms with Crippen LogP contribution in [-0.2, 0) is 13.0 Å². The lowest BCUT2D eigenvalue weighted by molar-refractivity contribution is 0.102. The van der Waals surface area contributed by atoms with E-state index in [9.17, 15) is 4.79 Å². The highest BCUT2D eigenvalue weighted by molar-refractivity contribution is 6.07. The fraction of sp³-hybridized carbons (Fsp3) is 0.250. The Morgan fingerprint density at radius 1 is 1.16 bits per heavy atom. The summed E-state index contributed by atoms with van der Waals surface area (Å²) in [5.41, 5.74) is 5.43. The van der Waals surface area contributed by atoms with Gasteiger partial charge in [-0.05, 0) is 62.2 Å². The van der Waals surface area contributed by atoms with E-state index in [4.69, 9.17) is 4.98 Å². The Hall–Kier alpha value is -3.58. The molecule has 0 radical (unpaired) electrons. The lowest BCUT2D eigenvalue weighted by atomic mass is 9.91. The zero-order valence-corrected chi connectivity index (χ0v) is 17.4. The maximum absolute atomic E-state index is 12.6. The molecule has 0 bridgehead atoms. The van der Waals surface area contributed by atoms with E-state index in [2.05, 4.69) is 38.3 Å². The Balaban J connectivity index is 1.37. The van der Waals surface area contributed by atoms with Crippen molar-refractivity contribution < 1.29 is 4.79 Å². The molecular weight excluding hydrogens is 388 g/mol. The minimum atomic E-state index is -0.179. The van der Waals surface area contributed by atoms with E-state index in [1.54, 1.807) is 24.5 Å². The molecule has 1 aliphatic carbocycles. The van der Waals surface area contributed by atoms with Crippen molar-refractivity contribution in [3.63, 3.8) is 0 Å². The van der Waals surface area contributed by atoms with Gasteiger partial charge in [0.15, 0.2) is 0 Å². The van der Waals surface area contributed by atoms with Crippen molar-refractivity contribution in [1.82, 2.24) is 24.8 Å². The van der Waals surface area contributed by atoms with E-state index in [1.807, 2.05) is 30.5 Å². The third-order valence-electron chi connectivity index (χ3n) is 5.85. The lowest BCUT2D eigenvalue weighted by Gasteiger charge is -2.31. The number of carbonyl (C=O) groups is 1. The standard InChI is InChI=1S/C24H24N6O/c1-30(20-9-2-5-16-6-4-12-26-22(16)20)15-21-27-18-7-3-8-19(23(18)29-21)28-24(31)17-10-13-25-14-11-17/h3-4,6-8,10-14,20H,2,5,9,15H2,1H3,(H,27,29)(H,28,31). The Morgan fingerprint density at radius 3 is 2.90 bits per heavy atom. The Morgan fingerprint density at radius 2 is 2.03 bits per heavy atom. The quantitative estimate of drug-likeness (QED) is 0.515. The molecule has 31 heavy (non-hydrogen) atoms. The van der Waals surface area contributed by atoms with Crippen molar-refractivity contribution in [2.75, 3.05) is 12.4 Å². The summed E-state index contributed by atoms with van der Waals surface area (Å²) in [6.45, 7) is 0.674. The van der Waals surface area contributed by atoms with Crippen molar-refractivity contribution in [2.24, 2.45) is 0 Å². The zero-order valence-electron chi connectivity index (χ0n) is 17.4. The van der Waals surface area contributed by atoms with Gasteiger partial charge in [0, 0.05) is 24.2 Å². The first-order valence-corrected chi connectivity index (χ1v) is 10.5. The van der Waals surface area contributed by atoms with Crippen LogP contribution in [0.2, 0.25) is 0 Å². The highest BCUT2D eigenvalue weighted by Crippen LogP contribution is 2.32. The van der Waals surface area contributed by atoms with Crippen LogP contribution in [0.1, 0.15) is 46.3 Å². The largest absolute Gasteiger partial charge is 0.341 e. The van der Waals surface area contributed by atoms with E-state index in [0.29, 0.717) is 17.8 Å². The number of nitrogens with one attached hydrogen (secondary N) is 2. The predicted molar refractivity (Wildman–Crippen MR) is 120 cm³/mol. The summed E-state index contributed by atoms with van der Waals surface area (Å²) in [6, 6.07) is 13.6. The lowest BCUT2D eigenvalue weighted by Crippen LogP contribution is -2.28. The first kappa shape index (κ1) is 19.4. The van der Waals surface area contributed by atoms with Gasteiger partial charge in [-0.25, -0.2) is 4.98 Å². The normalized spacial score (nSPS) is 15.7. The number of hydrogen-bond acceptors (Lipinski definition) is 5. The molecule has 1 atom stereocenters. The number of H-pyrrole nitrogens is 1. The van der Waals surface area contributed by atoms with Crippen molar-refractivity contribution in [3.8, 4) is 0 Å². The Kier molecular flexibility index (Phi) is 5.18. The van der Waals surface area contributed by atoms with E-state index in [0.717, 1.165) is 29.7 Å². The minimum absolute atomic E-state index is 0.179. The molecule has 0 saturated heterocycles. The summed E-state index contributed by atoms with van der Waals surface area (Å²) >= 11 is 0. The average Bonchev–Trinajstić information content (AvgIpc) is 3.22. The van der Waals surface area contributed by atoms with Gasteiger partial charge in [0.2, 0.25) is 0 Å². The van der Waals surface area contributed by atoms with Crippen LogP contribution >= 0.6 is 0 Å². The maximum atomic E-state index is 12.6. The van der Waals surface area contributed by atoms with Gasteiger partial charge in [-0.1, -0.05) is 12.1 Å². The molecule has 2 N–H and O–H groups in total. The Bertz CT molecular complexity index is 1220. The SMILES string of the molecule is CN(Cc1nc2c(NC(=O)c3ccncc3)cccc2[nH]1)C1CCCc2cccnc21. The molecule has 1 unspecified atom stereocenters. The number of aromatic nitrogens is 4. The molecule has 1 aromatic carbocycles. The number of anilines is 1. The zero-order chi connectivity index (χ0) is 21.2. The van der Waals surface area contributed by atoms with Gasteiger partial charge in [0.1, 0.15) is 11.3 Å². The molecule has 0 saturated carbocycles. The van der Waals surface area contributed by atoms with E-state index in [1.165, 1.54) is 17.7 Å². The van der Waals surface area contributed by atoms with Crippen molar-refractivity contribution in [1.29, 1.82) is 0 Å². The number of rotatable bonds is 5. The molecule has 7 nitrogen and oxygen atoms in total. The molecule has 4 aromatic rings. The minimum Gasteiger partial charge on any atom is -0.341 e. The number of imidazole rings is 1. The summed E-state index contributed by atoms with van der Waals surface area (Å²) < 4.78 is 0. The fourth-order valence-corrected chi connectivity index (χ4v) is 4.32. The van der Waals surface area contributed by atoms with E-state index < -0.39 is 0 Å². The first-order chi connectivity index (χ1) is 15.2. The second kappa shape index (κ2) is 8.28. The van der Waals surface area contributed by atoms with Crippen molar-refractivity contribution in [2.45, 2.75) is 31.8 Å². The molecule has 5 rings (SSSR count). The number of nitrogens with zero attached hydrogens (tertiary/aromatic N) is 4. The molecular formula is C24H24N6O. The first-order valence-electron chi connectivity index (χ1n) is 10.5. The summed E-state index contributed by atoms with van der Waals surface area (Å²) in [4.78, 5) is 31.7. The van der Waals surface area contributed by atoms with Gasteiger partial charge in [0.05, 0.1) is 29.5 Å². The molecule has 156 valence electrons. The van der Waals surface area contributed by atoms with Crippen LogP contribution in [0.5, 0.6) is 0 Å². The number of aromatic amines is 1. The fourth-order valence-electron chi connectivity index (χ4n) is 4.32. The molecule has 1 amide bonds. The second-order valence-corrected chi connectivity index (χ2v) is 7.95. The maximum Gasteiger partial charge on any atom is 0.255 e. The second-order valence-electron chi connectivity index (χ2n) is 7.95. The number of amides is 1.